The number of carbonyl (C=O) groups is 1. The average molecular weight is 202 g/mol. The topological polar surface area (TPSA) is 34.9 Å². The van der Waals surface area contributed by atoms with Gasteiger partial charge in [-0.2, -0.15) is 18.3 Å². The van der Waals surface area contributed by atoms with Crippen molar-refractivity contribution < 1.29 is 18.0 Å². The second-order valence-electron chi connectivity index (χ2n) is 2.46. The third-order valence-electron chi connectivity index (χ3n) is 1.41. The van der Waals surface area contributed by atoms with E-state index in [4.69, 9.17) is 6.42 Å². The van der Waals surface area contributed by atoms with Crippen molar-refractivity contribution in [3.8, 4) is 12.3 Å². The molecule has 14 heavy (non-hydrogen) atoms. The van der Waals surface area contributed by atoms with Crippen LogP contribution in [-0.4, -0.2) is 21.7 Å². The monoisotopic (exact) mass is 202 g/mol. The van der Waals surface area contributed by atoms with E-state index in [1.54, 1.807) is 0 Å². The molecule has 0 amide bonds. The number of ketones is 1. The molecule has 0 atom stereocenters. The van der Waals surface area contributed by atoms with Gasteiger partial charge in [0.2, 0.25) is 0 Å². The number of hydrogen-bond donors (Lipinski definition) is 0. The standard InChI is InChI=1S/C8H5F3N2O/c1-2-3-13-5-6(4-12-13)7(14)8(9,10)11/h1,4-5H,3H2. The Morgan fingerprint density at radius 3 is 2.79 bits per heavy atom. The molecule has 0 radical (unpaired) electrons. The summed E-state index contributed by atoms with van der Waals surface area (Å²) in [6.45, 7) is 0.0329. The van der Waals surface area contributed by atoms with Gasteiger partial charge in [-0.15, -0.1) is 6.42 Å². The Morgan fingerprint density at radius 2 is 2.29 bits per heavy atom. The lowest BCUT2D eigenvalue weighted by molar-refractivity contribution is -0.0885. The molecule has 0 aliphatic heterocycles. The van der Waals surface area contributed by atoms with Crippen molar-refractivity contribution in [2.75, 3.05) is 0 Å². The van der Waals surface area contributed by atoms with Crippen LogP contribution in [0, 0.1) is 12.3 Å². The summed E-state index contributed by atoms with van der Waals surface area (Å²) < 4.78 is 36.8. The minimum Gasteiger partial charge on any atom is -0.284 e. The smallest absolute Gasteiger partial charge is 0.284 e. The van der Waals surface area contributed by atoms with E-state index >= 15 is 0 Å². The number of halogens is 3. The predicted molar refractivity (Wildman–Crippen MR) is 41.4 cm³/mol. The van der Waals surface area contributed by atoms with Crippen molar-refractivity contribution in [1.82, 2.24) is 9.78 Å². The molecule has 0 fully saturated rings. The quantitative estimate of drug-likeness (QED) is 0.534. The van der Waals surface area contributed by atoms with Crippen LogP contribution >= 0.6 is 0 Å². The lowest BCUT2D eigenvalue weighted by atomic mass is 10.2. The second-order valence-corrected chi connectivity index (χ2v) is 2.46. The SMILES string of the molecule is C#CCn1cc(C(=O)C(F)(F)F)cn1. The molecule has 0 saturated heterocycles. The highest BCUT2D eigenvalue weighted by Gasteiger charge is 2.39. The van der Waals surface area contributed by atoms with Crippen molar-refractivity contribution in [2.45, 2.75) is 12.7 Å². The Balaban J connectivity index is 2.88. The number of carbonyl (C=O) groups excluding carboxylic acids is 1. The van der Waals surface area contributed by atoms with Crippen LogP contribution in [0.4, 0.5) is 13.2 Å². The van der Waals surface area contributed by atoms with Gasteiger partial charge >= 0.3 is 6.18 Å². The first-order valence-electron chi connectivity index (χ1n) is 3.52. The number of terminal acetylenes is 1. The highest BCUT2D eigenvalue weighted by Crippen LogP contribution is 2.20. The highest BCUT2D eigenvalue weighted by atomic mass is 19.4. The molecule has 1 aromatic rings. The summed E-state index contributed by atoms with van der Waals surface area (Å²) in [6.07, 6.45) is 1.85. The summed E-state index contributed by atoms with van der Waals surface area (Å²) >= 11 is 0. The Labute approximate surface area is 77.5 Å². The molecule has 0 aliphatic carbocycles. The number of Topliss-reactive ketones (excluding diaryl/α,β-unsaturated/α-hetero) is 1. The van der Waals surface area contributed by atoms with E-state index in [-0.39, 0.29) is 6.54 Å². The van der Waals surface area contributed by atoms with Gasteiger partial charge in [0.1, 0.15) is 6.54 Å². The summed E-state index contributed by atoms with van der Waals surface area (Å²) in [4.78, 5) is 10.7. The Kier molecular flexibility index (Phi) is 2.60. The number of aromatic nitrogens is 2. The van der Waals surface area contributed by atoms with Gasteiger partial charge in [-0.05, 0) is 0 Å². The predicted octanol–water partition coefficient (Wildman–Crippen LogP) is 1.26. The van der Waals surface area contributed by atoms with Crippen LogP contribution < -0.4 is 0 Å². The van der Waals surface area contributed by atoms with E-state index in [9.17, 15) is 18.0 Å². The van der Waals surface area contributed by atoms with Crippen molar-refractivity contribution in [1.29, 1.82) is 0 Å². The minimum atomic E-state index is -4.87. The zero-order valence-corrected chi connectivity index (χ0v) is 6.88. The van der Waals surface area contributed by atoms with Gasteiger partial charge in [-0.25, -0.2) is 0 Å². The van der Waals surface area contributed by atoms with Crippen LogP contribution in [0.2, 0.25) is 0 Å². The van der Waals surface area contributed by atoms with Crippen LogP contribution in [-0.2, 0) is 6.54 Å². The van der Waals surface area contributed by atoms with E-state index in [2.05, 4.69) is 11.0 Å². The van der Waals surface area contributed by atoms with Crippen LogP contribution in [0.25, 0.3) is 0 Å². The zero-order valence-electron chi connectivity index (χ0n) is 6.88. The largest absolute Gasteiger partial charge is 0.454 e. The normalized spacial score (nSPS) is 11.0. The summed E-state index contributed by atoms with van der Waals surface area (Å²) in [5.41, 5.74) is -0.507. The fraction of sp³-hybridized carbons (Fsp3) is 0.250. The summed E-state index contributed by atoms with van der Waals surface area (Å²) in [5.74, 6) is 0.267. The first-order valence-corrected chi connectivity index (χ1v) is 3.52. The highest BCUT2D eigenvalue weighted by molar-refractivity contribution is 5.99. The molecular formula is C8H5F3N2O. The van der Waals surface area contributed by atoms with E-state index in [1.165, 1.54) is 0 Å². The van der Waals surface area contributed by atoms with Crippen molar-refractivity contribution in [3.05, 3.63) is 18.0 Å². The van der Waals surface area contributed by atoms with Gasteiger partial charge in [0.05, 0.1) is 11.8 Å². The number of hydrogen-bond acceptors (Lipinski definition) is 2. The lowest BCUT2D eigenvalue weighted by Crippen LogP contribution is -2.22. The molecule has 0 unspecified atom stereocenters. The van der Waals surface area contributed by atoms with E-state index < -0.39 is 17.5 Å². The third kappa shape index (κ3) is 2.13. The molecule has 1 heterocycles. The van der Waals surface area contributed by atoms with Gasteiger partial charge < -0.3 is 0 Å². The molecule has 1 aromatic heterocycles. The molecule has 3 nitrogen and oxygen atoms in total. The van der Waals surface area contributed by atoms with Gasteiger partial charge in [-0.3, -0.25) is 9.48 Å². The van der Waals surface area contributed by atoms with Crippen LogP contribution in [0.15, 0.2) is 12.4 Å². The molecule has 0 aromatic carbocycles. The Hall–Kier alpha value is -1.77. The molecular weight excluding hydrogens is 197 g/mol. The maximum Gasteiger partial charge on any atom is 0.454 e. The van der Waals surface area contributed by atoms with Crippen LogP contribution in [0.1, 0.15) is 10.4 Å². The van der Waals surface area contributed by atoms with Gasteiger partial charge in [-0.1, -0.05) is 5.92 Å². The van der Waals surface area contributed by atoms with Gasteiger partial charge in [0, 0.05) is 6.20 Å². The van der Waals surface area contributed by atoms with E-state index in [1.807, 2.05) is 0 Å². The molecule has 1 rings (SSSR count). The van der Waals surface area contributed by atoms with Crippen molar-refractivity contribution in [3.63, 3.8) is 0 Å². The molecule has 74 valence electrons. The minimum absolute atomic E-state index is 0.0329. The summed E-state index contributed by atoms with van der Waals surface area (Å²) in [6, 6.07) is 0. The summed E-state index contributed by atoms with van der Waals surface area (Å²) in [5, 5.41) is 3.49. The molecule has 0 spiro atoms. The fourth-order valence-corrected chi connectivity index (χ4v) is 0.824. The molecule has 0 N–H and O–H groups in total. The Morgan fingerprint density at radius 1 is 1.64 bits per heavy atom. The molecule has 0 bridgehead atoms. The fourth-order valence-electron chi connectivity index (χ4n) is 0.824. The summed E-state index contributed by atoms with van der Waals surface area (Å²) in [7, 11) is 0. The van der Waals surface area contributed by atoms with E-state index in [0.717, 1.165) is 17.1 Å². The van der Waals surface area contributed by atoms with Gasteiger partial charge in [0.15, 0.2) is 0 Å². The average Bonchev–Trinajstić information content (AvgIpc) is 2.50. The maximum absolute atomic E-state index is 11.9. The molecule has 0 saturated carbocycles. The lowest BCUT2D eigenvalue weighted by Gasteiger charge is -2.00. The third-order valence-corrected chi connectivity index (χ3v) is 1.41. The van der Waals surface area contributed by atoms with Crippen molar-refractivity contribution in [2.24, 2.45) is 0 Å². The molecule has 0 aliphatic rings. The number of alkyl halides is 3. The van der Waals surface area contributed by atoms with Crippen LogP contribution in [0.5, 0.6) is 0 Å². The van der Waals surface area contributed by atoms with Crippen LogP contribution in [0.3, 0.4) is 0 Å². The zero-order chi connectivity index (χ0) is 10.8. The second kappa shape index (κ2) is 3.54. The Bertz CT molecular complexity index is 386. The van der Waals surface area contributed by atoms with Gasteiger partial charge in [0.25, 0.3) is 5.78 Å². The maximum atomic E-state index is 11.9. The first kappa shape index (κ1) is 10.3. The van der Waals surface area contributed by atoms with E-state index in [0.29, 0.717) is 0 Å². The molecule has 6 heteroatoms. The first-order chi connectivity index (χ1) is 6.45. The van der Waals surface area contributed by atoms with Crippen molar-refractivity contribution >= 4 is 5.78 Å². The number of rotatable bonds is 2. The number of nitrogens with zero attached hydrogens (tertiary/aromatic N) is 2.